The highest BCUT2D eigenvalue weighted by Gasteiger charge is 2.15. The maximum atomic E-state index is 11.8. The first-order chi connectivity index (χ1) is 11.2. The van der Waals surface area contributed by atoms with E-state index in [2.05, 4.69) is 45.0 Å². The average Bonchev–Trinajstić information content (AvgIpc) is 2.52. The van der Waals surface area contributed by atoms with Gasteiger partial charge in [0.15, 0.2) is 5.78 Å². The highest BCUT2D eigenvalue weighted by atomic mass is 32.2. The van der Waals surface area contributed by atoms with Crippen LogP contribution in [0, 0.1) is 10.1 Å². The molecule has 0 spiro atoms. The number of carbonyl (C=O) groups is 1. The maximum absolute atomic E-state index is 11.8. The molecule has 0 N–H and O–H groups in total. The molecule has 4 nitrogen and oxygen atoms in total. The predicted molar refractivity (Wildman–Crippen MR) is 97.8 cm³/mol. The number of rotatable bonds is 5. The van der Waals surface area contributed by atoms with Gasteiger partial charge in [-0.05, 0) is 29.5 Å². The van der Waals surface area contributed by atoms with Crippen LogP contribution >= 0.6 is 11.8 Å². The van der Waals surface area contributed by atoms with Gasteiger partial charge in [-0.1, -0.05) is 45.0 Å². The summed E-state index contributed by atoms with van der Waals surface area (Å²) in [5.74, 6) is 0.548. The zero-order valence-corrected chi connectivity index (χ0v) is 15.1. The Morgan fingerprint density at radius 3 is 2.25 bits per heavy atom. The van der Waals surface area contributed by atoms with E-state index in [1.807, 2.05) is 0 Å². The second-order valence-electron chi connectivity index (χ2n) is 6.73. The van der Waals surface area contributed by atoms with Crippen LogP contribution in [0.4, 0.5) is 5.69 Å². The number of thioether (sulfide) groups is 1. The summed E-state index contributed by atoms with van der Waals surface area (Å²) in [6.07, 6.45) is 0. The summed E-state index contributed by atoms with van der Waals surface area (Å²) >= 11 is 1.52. The fourth-order valence-electron chi connectivity index (χ4n) is 2.29. The Bertz CT molecular complexity index is 761. The smallest absolute Gasteiger partial charge is 0.270 e. The van der Waals surface area contributed by atoms with Gasteiger partial charge in [0, 0.05) is 28.3 Å². The zero-order chi connectivity index (χ0) is 17.9. The number of ketones is 1. The topological polar surface area (TPSA) is 60.2 Å². The number of nitrogens with zero attached hydrogens (tertiary/aromatic N) is 1. The van der Waals surface area contributed by atoms with Crippen molar-refractivity contribution in [2.24, 2.45) is 0 Å². The molecule has 2 rings (SSSR count). The minimum Gasteiger partial charge on any atom is -0.294 e. The first kappa shape index (κ1) is 18.2. The standard InChI is InChI=1S/C19H21NO3S/c1-13(21)17-11-16(20(22)23)9-10-18(17)24-12-14-5-7-15(8-6-14)19(2,3)4/h5-11H,12H2,1-4H3. The molecule has 0 saturated carbocycles. The number of benzene rings is 2. The second-order valence-corrected chi connectivity index (χ2v) is 7.75. The van der Waals surface area contributed by atoms with Crippen molar-refractivity contribution in [3.05, 3.63) is 69.3 Å². The lowest BCUT2D eigenvalue weighted by Gasteiger charge is -2.19. The average molecular weight is 343 g/mol. The molecule has 0 heterocycles. The van der Waals surface area contributed by atoms with Crippen LogP contribution in [0.1, 0.15) is 49.2 Å². The Labute approximate surface area is 146 Å². The number of non-ortho nitro benzene ring substituents is 1. The Morgan fingerprint density at radius 2 is 1.75 bits per heavy atom. The van der Waals surface area contributed by atoms with Crippen molar-refractivity contribution >= 4 is 23.2 Å². The molecule has 0 aliphatic heterocycles. The fourth-order valence-corrected chi connectivity index (χ4v) is 3.33. The lowest BCUT2D eigenvalue weighted by atomic mass is 9.87. The maximum Gasteiger partial charge on any atom is 0.270 e. The molecule has 0 atom stereocenters. The molecule has 24 heavy (non-hydrogen) atoms. The molecule has 0 saturated heterocycles. The molecular formula is C19H21NO3S. The first-order valence-electron chi connectivity index (χ1n) is 7.70. The lowest BCUT2D eigenvalue weighted by Crippen LogP contribution is -2.10. The molecule has 5 heteroatoms. The number of nitro benzene ring substituents is 1. The van der Waals surface area contributed by atoms with Crippen LogP contribution in [0.25, 0.3) is 0 Å². The van der Waals surface area contributed by atoms with Gasteiger partial charge >= 0.3 is 0 Å². The first-order valence-corrected chi connectivity index (χ1v) is 8.68. The largest absolute Gasteiger partial charge is 0.294 e. The van der Waals surface area contributed by atoms with E-state index in [0.717, 1.165) is 10.5 Å². The summed E-state index contributed by atoms with van der Waals surface area (Å²) in [7, 11) is 0. The quantitative estimate of drug-likeness (QED) is 0.316. The third kappa shape index (κ3) is 4.45. The van der Waals surface area contributed by atoms with Gasteiger partial charge in [0.25, 0.3) is 5.69 Å². The molecule has 2 aromatic rings. The van der Waals surface area contributed by atoms with Crippen molar-refractivity contribution in [1.29, 1.82) is 0 Å². The van der Waals surface area contributed by atoms with E-state index < -0.39 is 4.92 Å². The van der Waals surface area contributed by atoms with Crippen LogP contribution in [-0.4, -0.2) is 10.7 Å². The van der Waals surface area contributed by atoms with Crippen molar-refractivity contribution in [3.63, 3.8) is 0 Å². The monoisotopic (exact) mass is 343 g/mol. The summed E-state index contributed by atoms with van der Waals surface area (Å²) in [4.78, 5) is 22.9. The Hall–Kier alpha value is -2.14. The van der Waals surface area contributed by atoms with Crippen LogP contribution in [0.5, 0.6) is 0 Å². The molecule has 0 bridgehead atoms. The van der Waals surface area contributed by atoms with Crippen LogP contribution in [0.2, 0.25) is 0 Å². The highest BCUT2D eigenvalue weighted by molar-refractivity contribution is 7.98. The third-order valence-electron chi connectivity index (χ3n) is 3.77. The van der Waals surface area contributed by atoms with E-state index in [4.69, 9.17) is 0 Å². The molecule has 0 unspecified atom stereocenters. The van der Waals surface area contributed by atoms with Gasteiger partial charge in [-0.15, -0.1) is 11.8 Å². The Morgan fingerprint density at radius 1 is 1.12 bits per heavy atom. The lowest BCUT2D eigenvalue weighted by molar-refractivity contribution is -0.384. The second kappa shape index (κ2) is 7.18. The van der Waals surface area contributed by atoms with E-state index in [0.29, 0.717) is 11.3 Å². The Kier molecular flexibility index (Phi) is 5.44. The van der Waals surface area contributed by atoms with Crippen molar-refractivity contribution < 1.29 is 9.72 Å². The number of Topliss-reactive ketones (excluding diaryl/α,β-unsaturated/α-hetero) is 1. The molecule has 0 radical (unpaired) electrons. The molecule has 0 amide bonds. The van der Waals surface area contributed by atoms with Gasteiger partial charge in [0.1, 0.15) is 0 Å². The third-order valence-corrected chi connectivity index (χ3v) is 4.91. The molecule has 0 fully saturated rings. The SMILES string of the molecule is CC(=O)c1cc([N+](=O)[O-])ccc1SCc1ccc(C(C)(C)C)cc1. The number of carbonyl (C=O) groups excluding carboxylic acids is 1. The molecule has 2 aromatic carbocycles. The van der Waals surface area contributed by atoms with Crippen LogP contribution in [0.3, 0.4) is 0 Å². The van der Waals surface area contributed by atoms with Gasteiger partial charge in [0.05, 0.1) is 4.92 Å². The van der Waals surface area contributed by atoms with Crippen molar-refractivity contribution in [2.75, 3.05) is 0 Å². The molecule has 0 aromatic heterocycles. The minimum atomic E-state index is -0.480. The summed E-state index contributed by atoms with van der Waals surface area (Å²) < 4.78 is 0. The van der Waals surface area contributed by atoms with Gasteiger partial charge in [-0.25, -0.2) is 0 Å². The van der Waals surface area contributed by atoms with E-state index in [1.54, 1.807) is 6.07 Å². The van der Waals surface area contributed by atoms with E-state index in [9.17, 15) is 14.9 Å². The summed E-state index contributed by atoms with van der Waals surface area (Å²) in [5.41, 5.74) is 2.89. The van der Waals surface area contributed by atoms with Crippen molar-refractivity contribution in [1.82, 2.24) is 0 Å². The van der Waals surface area contributed by atoms with Crippen LogP contribution in [0.15, 0.2) is 47.4 Å². The Balaban J connectivity index is 2.17. The van der Waals surface area contributed by atoms with Crippen LogP contribution in [-0.2, 0) is 11.2 Å². The highest BCUT2D eigenvalue weighted by Crippen LogP contribution is 2.30. The van der Waals surface area contributed by atoms with Gasteiger partial charge < -0.3 is 0 Å². The fraction of sp³-hybridized carbons (Fsp3) is 0.316. The molecule has 126 valence electrons. The molecule has 0 aliphatic rings. The molecular weight excluding hydrogens is 322 g/mol. The number of hydrogen-bond donors (Lipinski definition) is 0. The van der Waals surface area contributed by atoms with E-state index in [1.165, 1.54) is 36.4 Å². The summed E-state index contributed by atoms with van der Waals surface area (Å²) in [6, 6.07) is 12.9. The van der Waals surface area contributed by atoms with Gasteiger partial charge in [0.2, 0.25) is 0 Å². The van der Waals surface area contributed by atoms with Crippen molar-refractivity contribution in [2.45, 2.75) is 43.8 Å². The van der Waals surface area contributed by atoms with Crippen LogP contribution < -0.4 is 0 Å². The zero-order valence-electron chi connectivity index (χ0n) is 14.3. The number of nitro groups is 1. The summed E-state index contributed by atoms with van der Waals surface area (Å²) in [6.45, 7) is 7.95. The predicted octanol–water partition coefficient (Wildman–Crippen LogP) is 5.39. The van der Waals surface area contributed by atoms with Gasteiger partial charge in [-0.2, -0.15) is 0 Å². The van der Waals surface area contributed by atoms with E-state index in [-0.39, 0.29) is 16.9 Å². The minimum absolute atomic E-state index is 0.0564. The number of hydrogen-bond acceptors (Lipinski definition) is 4. The summed E-state index contributed by atoms with van der Waals surface area (Å²) in [5, 5.41) is 10.9. The van der Waals surface area contributed by atoms with E-state index >= 15 is 0 Å². The molecule has 0 aliphatic carbocycles. The van der Waals surface area contributed by atoms with Crippen molar-refractivity contribution in [3.8, 4) is 0 Å². The van der Waals surface area contributed by atoms with Gasteiger partial charge in [-0.3, -0.25) is 14.9 Å². The normalized spacial score (nSPS) is 11.3.